The lowest BCUT2D eigenvalue weighted by molar-refractivity contribution is -0.143. The Kier molecular flexibility index (Phi) is 14.2. The first-order chi connectivity index (χ1) is 20.1. The molecular weight excluding hydrogens is 578 g/mol. The molecule has 0 radical (unpaired) electrons. The zero-order valence-electron chi connectivity index (χ0n) is 24.9. The molecule has 0 bridgehead atoms. The fourth-order valence-electron chi connectivity index (χ4n) is 4.22. The Labute approximate surface area is 249 Å². The monoisotopic (exact) mass is 620 g/mol. The van der Waals surface area contributed by atoms with Crippen LogP contribution in [0.25, 0.3) is 0 Å². The van der Waals surface area contributed by atoms with E-state index in [9.17, 15) is 18.7 Å². The lowest BCUT2D eigenvalue weighted by Crippen LogP contribution is -2.21. The van der Waals surface area contributed by atoms with Crippen LogP contribution in [0.2, 0.25) is 0 Å². The van der Waals surface area contributed by atoms with Crippen molar-refractivity contribution in [3.05, 3.63) is 84.4 Å². The van der Waals surface area contributed by atoms with Crippen molar-refractivity contribution in [2.45, 2.75) is 40.5 Å². The van der Waals surface area contributed by atoms with Crippen LogP contribution in [-0.2, 0) is 37.2 Å². The molecule has 42 heavy (non-hydrogen) atoms. The Hall–Kier alpha value is -3.16. The van der Waals surface area contributed by atoms with Gasteiger partial charge in [0.2, 0.25) is 0 Å². The molecule has 0 spiro atoms. The summed E-state index contributed by atoms with van der Waals surface area (Å²) in [5, 5.41) is 0.524. The van der Waals surface area contributed by atoms with E-state index >= 15 is 0 Å². The van der Waals surface area contributed by atoms with Gasteiger partial charge < -0.3 is 27.9 Å². The predicted octanol–water partition coefficient (Wildman–Crippen LogP) is 7.39. The molecule has 2 aromatic carbocycles. The molecule has 0 unspecified atom stereocenters. The summed E-state index contributed by atoms with van der Waals surface area (Å²) in [5.41, 5.74) is 1.72. The van der Waals surface area contributed by atoms with Crippen molar-refractivity contribution in [1.29, 1.82) is 0 Å². The molecule has 10 nitrogen and oxygen atoms in total. The summed E-state index contributed by atoms with van der Waals surface area (Å²) >= 11 is 0. The van der Waals surface area contributed by atoms with E-state index in [4.69, 9.17) is 18.5 Å². The molecule has 12 heteroatoms. The van der Waals surface area contributed by atoms with Crippen LogP contribution in [0, 0.1) is 0 Å². The van der Waals surface area contributed by atoms with Gasteiger partial charge in [-0.3, -0.25) is 18.7 Å². The third-order valence-corrected chi connectivity index (χ3v) is 11.3. The molecule has 0 N–H and O–H groups in total. The molecule has 0 saturated carbocycles. The lowest BCUT2D eigenvalue weighted by Gasteiger charge is -2.33. The molecule has 1 saturated heterocycles. The Morgan fingerprint density at radius 3 is 1.52 bits per heavy atom. The van der Waals surface area contributed by atoms with Gasteiger partial charge in [-0.05, 0) is 52.0 Å². The maximum atomic E-state index is 14.3. The van der Waals surface area contributed by atoms with Crippen molar-refractivity contribution in [2.75, 3.05) is 48.9 Å². The van der Waals surface area contributed by atoms with Crippen molar-refractivity contribution >= 4 is 38.4 Å². The molecule has 230 valence electrons. The topological polar surface area (TPSA) is 112 Å². The third kappa shape index (κ3) is 9.17. The van der Waals surface area contributed by atoms with E-state index in [2.05, 4.69) is 13.2 Å². The summed E-state index contributed by atoms with van der Waals surface area (Å²) in [5.74, 6) is -0.882. The van der Waals surface area contributed by atoms with Crippen molar-refractivity contribution in [2.24, 2.45) is 0 Å². The van der Waals surface area contributed by atoms with E-state index in [1.54, 1.807) is 27.7 Å². The summed E-state index contributed by atoms with van der Waals surface area (Å²) in [7, 11) is -6.61. The van der Waals surface area contributed by atoms with Crippen molar-refractivity contribution in [1.82, 2.24) is 0 Å². The minimum absolute atomic E-state index is 0.0578. The summed E-state index contributed by atoms with van der Waals surface area (Å²) in [6.45, 7) is 16.7. The maximum absolute atomic E-state index is 14.3. The number of rotatable bonds is 14. The van der Waals surface area contributed by atoms with E-state index in [1.807, 2.05) is 70.0 Å². The van der Waals surface area contributed by atoms with E-state index in [0.717, 1.165) is 11.4 Å². The number of ether oxygens (including phenoxy) is 2. The zero-order valence-corrected chi connectivity index (χ0v) is 26.7. The number of esters is 2. The minimum atomic E-state index is -3.38. The third-order valence-electron chi connectivity index (χ3n) is 5.99. The zero-order chi connectivity index (χ0) is 31.2. The van der Waals surface area contributed by atoms with Gasteiger partial charge in [0, 0.05) is 35.1 Å². The van der Waals surface area contributed by atoms with E-state index in [0.29, 0.717) is 25.0 Å². The molecule has 0 amide bonds. The number of hydrogen-bond acceptors (Lipinski definition) is 8. The Balaban J connectivity index is 0.000000334. The molecule has 0 aromatic heterocycles. The second-order valence-electron chi connectivity index (χ2n) is 8.89. The SMILES string of the molecule is C=C(CC(=O)OCC)P(=O)(OCC)OCC.C=C(CC(=O)OCC)P1(=O)N(c2ccccc2)CCN1c1ccccc1. The number of carbonyl (C=O) groups is 2. The van der Waals surface area contributed by atoms with Crippen LogP contribution in [0.1, 0.15) is 40.5 Å². The van der Waals surface area contributed by atoms with Gasteiger partial charge in [0.15, 0.2) is 0 Å². The first-order valence-electron chi connectivity index (χ1n) is 13.9. The molecule has 2 aromatic rings. The minimum Gasteiger partial charge on any atom is -0.466 e. The standard InChI is InChI=1S/C20H23N2O3P.C10H19O5P/c1-3-25-20(23)16-17(2)26(24)21(18-10-6-4-7-11-18)14-15-22(26)19-12-8-5-9-13-19;1-5-13-10(11)8-9(4)16(12,14-6-2)15-7-3/h4-13H,2-3,14-16H2,1H3;4-8H2,1-3H3. The van der Waals surface area contributed by atoms with Gasteiger partial charge >= 0.3 is 19.5 Å². The second kappa shape index (κ2) is 17.1. The molecular formula is C30H42N2O8P2. The largest absolute Gasteiger partial charge is 0.466 e. The van der Waals surface area contributed by atoms with Crippen LogP contribution >= 0.6 is 15.0 Å². The lowest BCUT2D eigenvalue weighted by atomic mass is 10.3. The summed E-state index contributed by atoms with van der Waals surface area (Å²) in [4.78, 5) is 23.2. The van der Waals surface area contributed by atoms with E-state index in [1.165, 1.54) is 0 Å². The van der Waals surface area contributed by atoms with Gasteiger partial charge in [-0.15, -0.1) is 0 Å². The number of nitrogens with zero attached hydrogens (tertiary/aromatic N) is 2. The van der Waals surface area contributed by atoms with E-state index in [-0.39, 0.29) is 38.0 Å². The van der Waals surface area contributed by atoms with Crippen LogP contribution in [0.3, 0.4) is 0 Å². The maximum Gasteiger partial charge on any atom is 0.357 e. The number of carbonyl (C=O) groups excluding carboxylic acids is 2. The van der Waals surface area contributed by atoms with Crippen LogP contribution in [0.15, 0.2) is 84.4 Å². The molecule has 1 heterocycles. The van der Waals surface area contributed by atoms with E-state index < -0.39 is 27.0 Å². The van der Waals surface area contributed by atoms with Crippen molar-refractivity contribution in [3.63, 3.8) is 0 Å². The van der Waals surface area contributed by atoms with Crippen LogP contribution in [0.4, 0.5) is 11.4 Å². The first kappa shape index (κ1) is 35.0. The summed E-state index contributed by atoms with van der Waals surface area (Å²) in [6, 6.07) is 19.2. The van der Waals surface area contributed by atoms with Crippen LogP contribution < -0.4 is 9.34 Å². The smallest absolute Gasteiger partial charge is 0.357 e. The van der Waals surface area contributed by atoms with Crippen LogP contribution in [0.5, 0.6) is 0 Å². The molecule has 1 fully saturated rings. The number of hydrogen-bond donors (Lipinski definition) is 0. The van der Waals surface area contributed by atoms with Gasteiger partial charge in [-0.1, -0.05) is 49.6 Å². The van der Waals surface area contributed by atoms with Gasteiger partial charge in [-0.2, -0.15) is 0 Å². The first-order valence-corrected chi connectivity index (χ1v) is 17.1. The summed E-state index contributed by atoms with van der Waals surface area (Å²) in [6.07, 6.45) is -0.205. The normalized spacial score (nSPS) is 14.0. The molecule has 1 aliphatic rings. The second-order valence-corrected chi connectivity index (χ2v) is 13.7. The van der Waals surface area contributed by atoms with Crippen molar-refractivity contribution < 1.29 is 37.2 Å². The van der Waals surface area contributed by atoms with Crippen LogP contribution in [-0.4, -0.2) is 51.5 Å². The number of anilines is 2. The van der Waals surface area contributed by atoms with Gasteiger partial charge in [-0.25, -0.2) is 0 Å². The van der Waals surface area contributed by atoms with Gasteiger partial charge in [0.1, 0.15) is 0 Å². The summed E-state index contributed by atoms with van der Waals surface area (Å²) < 4.78 is 50.0. The molecule has 1 aliphatic heterocycles. The Bertz CT molecular complexity index is 1230. The highest BCUT2D eigenvalue weighted by Crippen LogP contribution is 2.65. The Morgan fingerprint density at radius 1 is 0.738 bits per heavy atom. The fourth-order valence-corrected chi connectivity index (χ4v) is 8.56. The van der Waals surface area contributed by atoms with Gasteiger partial charge in [0.05, 0.1) is 39.3 Å². The quantitative estimate of drug-likeness (QED) is 0.157. The molecule has 0 aliphatic carbocycles. The number of para-hydroxylation sites is 2. The highest BCUT2D eigenvalue weighted by Gasteiger charge is 2.46. The predicted molar refractivity (Wildman–Crippen MR) is 167 cm³/mol. The Morgan fingerprint density at radius 2 is 1.14 bits per heavy atom. The van der Waals surface area contributed by atoms with Crippen molar-refractivity contribution in [3.8, 4) is 0 Å². The average molecular weight is 621 g/mol. The molecule has 0 atom stereocenters. The molecule has 3 rings (SSSR count). The highest BCUT2D eigenvalue weighted by atomic mass is 31.2. The highest BCUT2D eigenvalue weighted by molar-refractivity contribution is 7.71. The van der Waals surface area contributed by atoms with Gasteiger partial charge in [0.25, 0.3) is 7.44 Å². The number of benzene rings is 2. The fraction of sp³-hybridized carbons (Fsp3) is 0.400. The average Bonchev–Trinajstić information content (AvgIpc) is 3.33.